The van der Waals surface area contributed by atoms with Gasteiger partial charge in [-0.2, -0.15) is 0 Å². The molecule has 1 aromatic carbocycles. The Balaban J connectivity index is 1.41. The minimum absolute atomic E-state index is 0.0455. The molecule has 1 aliphatic heterocycles. The minimum atomic E-state index is 0.0455. The molecule has 5 nitrogen and oxygen atoms in total. The summed E-state index contributed by atoms with van der Waals surface area (Å²) in [5, 5.41) is 2.99. The number of anilines is 1. The molecule has 164 valence electrons. The Morgan fingerprint density at radius 1 is 1.03 bits per heavy atom. The Kier molecular flexibility index (Phi) is 6.96. The van der Waals surface area contributed by atoms with E-state index in [4.69, 9.17) is 4.74 Å². The second-order valence-electron chi connectivity index (χ2n) is 9.41. The number of amides is 2. The van der Waals surface area contributed by atoms with E-state index in [0.29, 0.717) is 41.3 Å². The van der Waals surface area contributed by atoms with Gasteiger partial charge in [-0.15, -0.1) is 0 Å². The third-order valence-electron chi connectivity index (χ3n) is 7.47. The van der Waals surface area contributed by atoms with Crippen LogP contribution >= 0.6 is 0 Å². The van der Waals surface area contributed by atoms with Crippen LogP contribution in [0.4, 0.5) is 5.69 Å². The number of benzene rings is 1. The Labute approximate surface area is 180 Å². The van der Waals surface area contributed by atoms with E-state index in [-0.39, 0.29) is 11.8 Å². The lowest BCUT2D eigenvalue weighted by molar-refractivity contribution is -0.116. The zero-order chi connectivity index (χ0) is 20.9. The lowest BCUT2D eigenvalue weighted by Gasteiger charge is -2.44. The number of rotatable bonds is 6. The molecule has 2 amide bonds. The van der Waals surface area contributed by atoms with Gasteiger partial charge in [-0.3, -0.25) is 9.59 Å². The molecule has 2 aliphatic carbocycles. The quantitative estimate of drug-likeness (QED) is 0.681. The van der Waals surface area contributed by atoms with Gasteiger partial charge in [-0.1, -0.05) is 38.5 Å². The number of carbonyl (C=O) groups is 2. The fourth-order valence-corrected chi connectivity index (χ4v) is 5.84. The number of nitrogens with one attached hydrogen (secondary N) is 1. The summed E-state index contributed by atoms with van der Waals surface area (Å²) in [5.74, 6) is 2.03. The van der Waals surface area contributed by atoms with Crippen molar-refractivity contribution in [3.8, 4) is 5.75 Å². The zero-order valence-corrected chi connectivity index (χ0v) is 18.3. The molecule has 30 heavy (non-hydrogen) atoms. The fraction of sp³-hybridized carbons (Fsp3) is 0.680. The van der Waals surface area contributed by atoms with Crippen LogP contribution in [0, 0.1) is 11.8 Å². The van der Waals surface area contributed by atoms with Crippen molar-refractivity contribution in [2.75, 3.05) is 19.0 Å². The fourth-order valence-electron chi connectivity index (χ4n) is 5.84. The molecule has 2 atom stereocenters. The smallest absolute Gasteiger partial charge is 0.257 e. The van der Waals surface area contributed by atoms with E-state index in [9.17, 15) is 9.59 Å². The third-order valence-corrected chi connectivity index (χ3v) is 7.47. The molecule has 0 spiro atoms. The lowest BCUT2D eigenvalue weighted by Crippen LogP contribution is -2.49. The number of hydrogen-bond donors (Lipinski definition) is 1. The second-order valence-corrected chi connectivity index (χ2v) is 9.41. The number of fused-ring (bicyclic) bond motifs is 1. The average molecular weight is 413 g/mol. The summed E-state index contributed by atoms with van der Waals surface area (Å²) < 4.78 is 5.56. The topological polar surface area (TPSA) is 58.6 Å². The largest absolute Gasteiger partial charge is 0.496 e. The van der Waals surface area contributed by atoms with Crippen molar-refractivity contribution in [1.29, 1.82) is 0 Å². The highest BCUT2D eigenvalue weighted by Gasteiger charge is 2.36. The molecule has 1 saturated heterocycles. The van der Waals surface area contributed by atoms with Crippen molar-refractivity contribution >= 4 is 17.5 Å². The number of piperidine rings is 1. The van der Waals surface area contributed by atoms with Crippen molar-refractivity contribution in [3.05, 3.63) is 23.8 Å². The molecule has 0 radical (unpaired) electrons. The molecular formula is C25H36N2O3. The predicted molar refractivity (Wildman–Crippen MR) is 119 cm³/mol. The molecule has 1 heterocycles. The highest BCUT2D eigenvalue weighted by Crippen LogP contribution is 2.37. The van der Waals surface area contributed by atoms with Crippen molar-refractivity contribution in [2.24, 2.45) is 11.8 Å². The van der Waals surface area contributed by atoms with Crippen LogP contribution in [0.1, 0.15) is 87.4 Å². The van der Waals surface area contributed by atoms with Crippen LogP contribution in [0.3, 0.4) is 0 Å². The van der Waals surface area contributed by atoms with Crippen molar-refractivity contribution in [2.45, 2.75) is 83.1 Å². The van der Waals surface area contributed by atoms with Gasteiger partial charge < -0.3 is 15.0 Å². The van der Waals surface area contributed by atoms with Gasteiger partial charge in [0, 0.05) is 30.8 Å². The van der Waals surface area contributed by atoms with E-state index in [0.717, 1.165) is 25.8 Å². The van der Waals surface area contributed by atoms with Crippen LogP contribution in [0.5, 0.6) is 5.75 Å². The number of ether oxygens (including phenoxy) is 1. The normalized spacial score (nSPS) is 24.4. The van der Waals surface area contributed by atoms with E-state index in [1.54, 1.807) is 13.2 Å². The Morgan fingerprint density at radius 2 is 1.77 bits per heavy atom. The maximum atomic E-state index is 13.4. The molecule has 3 aliphatic rings. The van der Waals surface area contributed by atoms with Crippen LogP contribution in [0.15, 0.2) is 18.2 Å². The zero-order valence-electron chi connectivity index (χ0n) is 18.3. The molecular weight excluding hydrogens is 376 g/mol. The molecule has 3 fully saturated rings. The average Bonchev–Trinajstić information content (AvgIpc) is 3.30. The van der Waals surface area contributed by atoms with Crippen molar-refractivity contribution < 1.29 is 14.3 Å². The van der Waals surface area contributed by atoms with E-state index in [1.165, 1.54) is 51.4 Å². The molecule has 1 N–H and O–H groups in total. The van der Waals surface area contributed by atoms with Crippen LogP contribution in [0.25, 0.3) is 0 Å². The monoisotopic (exact) mass is 412 g/mol. The van der Waals surface area contributed by atoms with Gasteiger partial charge in [0.05, 0.1) is 12.7 Å². The Morgan fingerprint density at radius 3 is 2.57 bits per heavy atom. The number of methoxy groups -OCH3 is 1. The number of hydrogen-bond acceptors (Lipinski definition) is 3. The molecule has 5 heteroatoms. The summed E-state index contributed by atoms with van der Waals surface area (Å²) in [7, 11) is 1.59. The van der Waals surface area contributed by atoms with Crippen LogP contribution in [0.2, 0.25) is 0 Å². The summed E-state index contributed by atoms with van der Waals surface area (Å²) >= 11 is 0. The molecule has 0 aromatic heterocycles. The maximum absolute atomic E-state index is 13.4. The number of carbonyl (C=O) groups excluding carboxylic acids is 2. The second kappa shape index (κ2) is 9.84. The Bertz CT molecular complexity index is 755. The minimum Gasteiger partial charge on any atom is -0.496 e. The maximum Gasteiger partial charge on any atom is 0.257 e. The molecule has 0 bridgehead atoms. The highest BCUT2D eigenvalue weighted by molar-refractivity contribution is 5.98. The van der Waals surface area contributed by atoms with Gasteiger partial charge in [-0.25, -0.2) is 0 Å². The first-order chi connectivity index (χ1) is 14.7. The highest BCUT2D eigenvalue weighted by atomic mass is 16.5. The molecule has 4 rings (SSSR count). The predicted octanol–water partition coefficient (Wildman–Crippen LogP) is 5.40. The summed E-state index contributed by atoms with van der Waals surface area (Å²) in [6, 6.07) is 5.83. The molecule has 2 saturated carbocycles. The van der Waals surface area contributed by atoms with E-state index in [2.05, 4.69) is 10.2 Å². The van der Waals surface area contributed by atoms with E-state index >= 15 is 0 Å². The van der Waals surface area contributed by atoms with Crippen LogP contribution < -0.4 is 10.1 Å². The molecule has 0 unspecified atom stereocenters. The molecule has 1 aromatic rings. The van der Waals surface area contributed by atoms with Crippen LogP contribution in [-0.4, -0.2) is 36.4 Å². The van der Waals surface area contributed by atoms with Gasteiger partial charge in [0.1, 0.15) is 5.75 Å². The number of likely N-dealkylation sites (tertiary alicyclic amines) is 1. The van der Waals surface area contributed by atoms with Gasteiger partial charge in [0.2, 0.25) is 5.91 Å². The number of nitrogens with zero attached hydrogens (tertiary/aromatic N) is 1. The summed E-state index contributed by atoms with van der Waals surface area (Å²) in [4.78, 5) is 27.8. The van der Waals surface area contributed by atoms with Gasteiger partial charge in [0.15, 0.2) is 0 Å². The van der Waals surface area contributed by atoms with Crippen molar-refractivity contribution in [1.82, 2.24) is 4.90 Å². The summed E-state index contributed by atoms with van der Waals surface area (Å²) in [5.41, 5.74) is 1.31. The van der Waals surface area contributed by atoms with Gasteiger partial charge >= 0.3 is 0 Å². The SMILES string of the molecule is COc1cc(NC(=O)CCC2CCCC2)ccc1C(=O)N1CCC[C@@H]2CCCC[C@@H]21. The standard InChI is InChI=1S/C25H36N2O3/c1-30-23-17-20(26-24(28)15-12-18-7-2-3-8-18)13-14-21(23)25(29)27-16-6-10-19-9-4-5-11-22(19)27/h13-14,17-19,22H,2-12,15-16H2,1H3,(H,26,28)/t19-,22-/m0/s1. The third kappa shape index (κ3) is 4.81. The first-order valence-corrected chi connectivity index (χ1v) is 11.9. The van der Waals surface area contributed by atoms with E-state index in [1.807, 2.05) is 12.1 Å². The first-order valence-electron chi connectivity index (χ1n) is 11.9. The summed E-state index contributed by atoms with van der Waals surface area (Å²) in [6.45, 7) is 0.836. The van der Waals surface area contributed by atoms with E-state index < -0.39 is 0 Å². The van der Waals surface area contributed by atoms with Crippen LogP contribution in [-0.2, 0) is 4.79 Å². The van der Waals surface area contributed by atoms with Crippen molar-refractivity contribution in [3.63, 3.8) is 0 Å². The Hall–Kier alpha value is -2.04. The first kappa shape index (κ1) is 21.2. The van der Waals surface area contributed by atoms with Gasteiger partial charge in [0.25, 0.3) is 5.91 Å². The lowest BCUT2D eigenvalue weighted by atomic mass is 9.78. The summed E-state index contributed by atoms with van der Waals surface area (Å²) in [6.07, 6.45) is 13.9. The van der Waals surface area contributed by atoms with Gasteiger partial charge in [-0.05, 0) is 56.1 Å².